The largest absolute Gasteiger partial charge is 0.457 e. The molecule has 0 atom stereocenters. The van der Waals surface area contributed by atoms with Gasteiger partial charge in [0.25, 0.3) is 0 Å². The van der Waals surface area contributed by atoms with Gasteiger partial charge in [-0.25, -0.2) is 0 Å². The number of benzene rings is 1. The highest BCUT2D eigenvalue weighted by molar-refractivity contribution is 5.44. The summed E-state index contributed by atoms with van der Waals surface area (Å²) in [6.07, 6.45) is 1.72. The Hall–Kier alpha value is -1.87. The first-order valence-corrected chi connectivity index (χ1v) is 6.01. The molecule has 0 saturated heterocycles. The zero-order chi connectivity index (χ0) is 13.1. The van der Waals surface area contributed by atoms with Crippen molar-refractivity contribution < 1.29 is 4.74 Å². The van der Waals surface area contributed by atoms with Gasteiger partial charge in [-0.15, -0.1) is 0 Å². The van der Waals surface area contributed by atoms with Crippen LogP contribution < -0.4 is 10.5 Å². The van der Waals surface area contributed by atoms with Crippen LogP contribution in [0.25, 0.3) is 0 Å². The molecule has 0 aliphatic rings. The Kier molecular flexibility index (Phi) is 3.63. The van der Waals surface area contributed by atoms with Crippen LogP contribution >= 0.6 is 0 Å². The minimum atomic E-state index is 0.420. The van der Waals surface area contributed by atoms with E-state index < -0.39 is 0 Å². The molecule has 1 aromatic heterocycles. The standard InChI is InChI=1S/C15H18N2O/c1-10-6-11(2)12(3)15(7-10)18-14-4-5-17-13(8-14)9-16/h4-8H,9,16H2,1-3H3. The third-order valence-corrected chi connectivity index (χ3v) is 2.99. The van der Waals surface area contributed by atoms with Gasteiger partial charge in [-0.05, 0) is 49.6 Å². The second-order valence-corrected chi connectivity index (χ2v) is 4.49. The van der Waals surface area contributed by atoms with Gasteiger partial charge in [0.15, 0.2) is 0 Å². The number of hydrogen-bond donors (Lipinski definition) is 1. The summed E-state index contributed by atoms with van der Waals surface area (Å²) >= 11 is 0. The number of ether oxygens (including phenoxy) is 1. The van der Waals surface area contributed by atoms with Gasteiger partial charge in [0.1, 0.15) is 11.5 Å². The molecule has 2 aromatic rings. The molecule has 94 valence electrons. The lowest BCUT2D eigenvalue weighted by molar-refractivity contribution is 0.476. The quantitative estimate of drug-likeness (QED) is 0.898. The maximum atomic E-state index is 5.92. The molecule has 0 unspecified atom stereocenters. The molecule has 0 saturated carbocycles. The Labute approximate surface area is 108 Å². The van der Waals surface area contributed by atoms with Crippen LogP contribution in [0, 0.1) is 20.8 Å². The van der Waals surface area contributed by atoms with Crippen LogP contribution in [0.4, 0.5) is 0 Å². The zero-order valence-electron chi connectivity index (χ0n) is 11.0. The normalized spacial score (nSPS) is 10.4. The Morgan fingerprint density at radius 3 is 2.67 bits per heavy atom. The molecule has 18 heavy (non-hydrogen) atoms. The number of nitrogens with two attached hydrogens (primary N) is 1. The second kappa shape index (κ2) is 5.19. The highest BCUT2D eigenvalue weighted by Crippen LogP contribution is 2.28. The topological polar surface area (TPSA) is 48.1 Å². The van der Waals surface area contributed by atoms with Gasteiger partial charge in [0.2, 0.25) is 0 Å². The number of rotatable bonds is 3. The first-order chi connectivity index (χ1) is 8.60. The Balaban J connectivity index is 2.33. The molecule has 0 amide bonds. The van der Waals surface area contributed by atoms with E-state index in [9.17, 15) is 0 Å². The van der Waals surface area contributed by atoms with Crippen molar-refractivity contribution in [3.63, 3.8) is 0 Å². The molecule has 0 fully saturated rings. The minimum absolute atomic E-state index is 0.420. The summed E-state index contributed by atoms with van der Waals surface area (Å²) in [6, 6.07) is 7.91. The van der Waals surface area contributed by atoms with Crippen molar-refractivity contribution in [2.75, 3.05) is 0 Å². The number of hydrogen-bond acceptors (Lipinski definition) is 3. The van der Waals surface area contributed by atoms with Gasteiger partial charge in [-0.1, -0.05) is 6.07 Å². The maximum absolute atomic E-state index is 5.92. The van der Waals surface area contributed by atoms with Crippen LogP contribution in [-0.4, -0.2) is 4.98 Å². The second-order valence-electron chi connectivity index (χ2n) is 4.49. The van der Waals surface area contributed by atoms with Crippen molar-refractivity contribution in [1.82, 2.24) is 4.98 Å². The molecule has 3 heteroatoms. The molecule has 0 aliphatic carbocycles. The van der Waals surface area contributed by atoms with Crippen molar-refractivity contribution in [3.8, 4) is 11.5 Å². The summed E-state index contributed by atoms with van der Waals surface area (Å²) in [5.41, 5.74) is 9.99. The van der Waals surface area contributed by atoms with Gasteiger partial charge >= 0.3 is 0 Å². The molecule has 0 radical (unpaired) electrons. The Morgan fingerprint density at radius 1 is 1.17 bits per heavy atom. The summed E-state index contributed by atoms with van der Waals surface area (Å²) in [7, 11) is 0. The van der Waals surface area contributed by atoms with Gasteiger partial charge in [0, 0.05) is 18.8 Å². The van der Waals surface area contributed by atoms with Gasteiger partial charge < -0.3 is 10.5 Å². The number of aryl methyl sites for hydroxylation is 2. The lowest BCUT2D eigenvalue weighted by Crippen LogP contribution is -1.99. The van der Waals surface area contributed by atoms with E-state index in [1.54, 1.807) is 6.20 Å². The van der Waals surface area contributed by atoms with Crippen LogP contribution in [0.1, 0.15) is 22.4 Å². The smallest absolute Gasteiger partial charge is 0.130 e. The number of nitrogens with zero attached hydrogens (tertiary/aromatic N) is 1. The molecule has 0 aliphatic heterocycles. The first-order valence-electron chi connectivity index (χ1n) is 6.01. The predicted molar refractivity (Wildman–Crippen MR) is 72.9 cm³/mol. The van der Waals surface area contributed by atoms with Crippen molar-refractivity contribution in [2.45, 2.75) is 27.3 Å². The predicted octanol–water partition coefficient (Wildman–Crippen LogP) is 3.26. The Morgan fingerprint density at radius 2 is 1.94 bits per heavy atom. The van der Waals surface area contributed by atoms with E-state index in [-0.39, 0.29) is 0 Å². The lowest BCUT2D eigenvalue weighted by atomic mass is 10.1. The van der Waals surface area contributed by atoms with E-state index in [2.05, 4.69) is 31.8 Å². The molecule has 3 nitrogen and oxygen atoms in total. The zero-order valence-corrected chi connectivity index (χ0v) is 11.0. The van der Waals surface area contributed by atoms with Gasteiger partial charge in [-0.3, -0.25) is 4.98 Å². The van der Waals surface area contributed by atoms with E-state index in [4.69, 9.17) is 10.5 Å². The highest BCUT2D eigenvalue weighted by Gasteiger charge is 2.06. The van der Waals surface area contributed by atoms with E-state index in [0.717, 1.165) is 22.8 Å². The Bertz CT molecular complexity index is 564. The van der Waals surface area contributed by atoms with Gasteiger partial charge in [-0.2, -0.15) is 0 Å². The summed E-state index contributed by atoms with van der Waals surface area (Å²) < 4.78 is 5.92. The van der Waals surface area contributed by atoms with Crippen molar-refractivity contribution >= 4 is 0 Å². The number of pyridine rings is 1. The van der Waals surface area contributed by atoms with Gasteiger partial charge in [0.05, 0.1) is 5.69 Å². The van der Waals surface area contributed by atoms with Crippen LogP contribution in [0.3, 0.4) is 0 Å². The molecular formula is C15H18N2O. The molecular weight excluding hydrogens is 224 g/mol. The summed E-state index contributed by atoms with van der Waals surface area (Å²) in [5.74, 6) is 1.67. The summed E-state index contributed by atoms with van der Waals surface area (Å²) in [6.45, 7) is 6.64. The maximum Gasteiger partial charge on any atom is 0.130 e. The average Bonchev–Trinajstić information content (AvgIpc) is 2.35. The fourth-order valence-electron chi connectivity index (χ4n) is 1.86. The van der Waals surface area contributed by atoms with Crippen LogP contribution in [0.15, 0.2) is 30.5 Å². The average molecular weight is 242 g/mol. The van der Waals surface area contributed by atoms with Crippen LogP contribution in [-0.2, 0) is 6.54 Å². The van der Waals surface area contributed by atoms with Crippen LogP contribution in [0.5, 0.6) is 11.5 Å². The lowest BCUT2D eigenvalue weighted by Gasteiger charge is -2.12. The fraction of sp³-hybridized carbons (Fsp3) is 0.267. The monoisotopic (exact) mass is 242 g/mol. The fourth-order valence-corrected chi connectivity index (χ4v) is 1.86. The third-order valence-electron chi connectivity index (χ3n) is 2.99. The van der Waals surface area contributed by atoms with E-state index in [1.165, 1.54) is 11.1 Å². The molecule has 2 N–H and O–H groups in total. The van der Waals surface area contributed by atoms with E-state index >= 15 is 0 Å². The highest BCUT2D eigenvalue weighted by atomic mass is 16.5. The molecule has 1 heterocycles. The number of aromatic nitrogens is 1. The van der Waals surface area contributed by atoms with Crippen molar-refractivity contribution in [3.05, 3.63) is 52.8 Å². The molecule has 2 rings (SSSR count). The summed E-state index contributed by atoms with van der Waals surface area (Å²) in [4.78, 5) is 4.15. The molecule has 0 spiro atoms. The van der Waals surface area contributed by atoms with Crippen molar-refractivity contribution in [2.24, 2.45) is 5.73 Å². The molecule has 1 aromatic carbocycles. The third kappa shape index (κ3) is 2.68. The summed E-state index contributed by atoms with van der Waals surface area (Å²) in [5, 5.41) is 0. The van der Waals surface area contributed by atoms with E-state index in [0.29, 0.717) is 6.54 Å². The first kappa shape index (κ1) is 12.6. The van der Waals surface area contributed by atoms with Crippen molar-refractivity contribution in [1.29, 1.82) is 0 Å². The van der Waals surface area contributed by atoms with Crippen LogP contribution in [0.2, 0.25) is 0 Å². The molecule has 0 bridgehead atoms. The minimum Gasteiger partial charge on any atom is -0.457 e. The van der Waals surface area contributed by atoms with E-state index in [1.807, 2.05) is 18.2 Å². The SMILES string of the molecule is Cc1cc(C)c(C)c(Oc2ccnc(CN)c2)c1.